The Morgan fingerprint density at radius 1 is 1.33 bits per heavy atom. The summed E-state index contributed by atoms with van der Waals surface area (Å²) in [5.41, 5.74) is 2.63. The zero-order valence-corrected chi connectivity index (χ0v) is 10.9. The zero-order valence-electron chi connectivity index (χ0n) is 10.9. The van der Waals surface area contributed by atoms with Gasteiger partial charge in [0.15, 0.2) is 0 Å². The average Bonchev–Trinajstić information content (AvgIpc) is 2.35. The Morgan fingerprint density at radius 2 is 2.06 bits per heavy atom. The molecule has 0 aliphatic heterocycles. The van der Waals surface area contributed by atoms with Crippen LogP contribution in [-0.2, 0) is 13.5 Å². The van der Waals surface area contributed by atoms with Crippen molar-refractivity contribution in [1.29, 1.82) is 5.26 Å². The summed E-state index contributed by atoms with van der Waals surface area (Å²) in [5.74, 6) is 0.450. The van der Waals surface area contributed by atoms with Crippen molar-refractivity contribution < 1.29 is 0 Å². The molecule has 0 bridgehead atoms. The van der Waals surface area contributed by atoms with Crippen LogP contribution in [0.15, 0.2) is 29.1 Å². The van der Waals surface area contributed by atoms with E-state index in [1.54, 1.807) is 11.6 Å². The van der Waals surface area contributed by atoms with E-state index >= 15 is 0 Å². The number of benzene rings is 1. The van der Waals surface area contributed by atoms with Gasteiger partial charge in [0.1, 0.15) is 0 Å². The van der Waals surface area contributed by atoms with Gasteiger partial charge in [0, 0.05) is 12.6 Å². The second kappa shape index (κ2) is 4.66. The Balaban J connectivity index is 2.75. The first-order valence-electron chi connectivity index (χ1n) is 6.04. The van der Waals surface area contributed by atoms with Crippen molar-refractivity contribution in [1.82, 2.24) is 4.57 Å². The minimum Gasteiger partial charge on any atom is -0.311 e. The van der Waals surface area contributed by atoms with Gasteiger partial charge in [-0.1, -0.05) is 19.9 Å². The van der Waals surface area contributed by atoms with Gasteiger partial charge in [-0.15, -0.1) is 0 Å². The summed E-state index contributed by atoms with van der Waals surface area (Å²) < 4.78 is 1.62. The maximum Gasteiger partial charge on any atom is 0.255 e. The summed E-state index contributed by atoms with van der Waals surface area (Å²) in [5, 5.41) is 9.77. The highest BCUT2D eigenvalue weighted by molar-refractivity contribution is 5.80. The minimum atomic E-state index is -0.0821. The molecule has 0 saturated carbocycles. The van der Waals surface area contributed by atoms with Crippen LogP contribution < -0.4 is 5.56 Å². The number of nitrogens with zero attached hydrogens (tertiary/aromatic N) is 2. The Bertz CT molecular complexity index is 690. The lowest BCUT2D eigenvalue weighted by Crippen LogP contribution is -2.21. The molecule has 0 atom stereocenters. The lowest BCUT2D eigenvalue weighted by Gasteiger charge is -2.10. The van der Waals surface area contributed by atoms with Crippen LogP contribution in [0.3, 0.4) is 0 Å². The van der Waals surface area contributed by atoms with Crippen LogP contribution in [0.1, 0.15) is 30.9 Å². The Morgan fingerprint density at radius 3 is 2.67 bits per heavy atom. The summed E-state index contributed by atoms with van der Waals surface area (Å²) in [6.07, 6.45) is 0.161. The van der Waals surface area contributed by atoms with Crippen LogP contribution in [0, 0.1) is 11.3 Å². The Hall–Kier alpha value is -2.08. The Kier molecular flexibility index (Phi) is 3.20. The molecule has 2 aromatic rings. The number of aryl methyl sites for hydroxylation is 1. The largest absolute Gasteiger partial charge is 0.311 e. The summed E-state index contributed by atoms with van der Waals surface area (Å²) in [6, 6.07) is 10.0. The van der Waals surface area contributed by atoms with Gasteiger partial charge in [0.25, 0.3) is 5.56 Å². The molecule has 3 nitrogen and oxygen atoms in total. The van der Waals surface area contributed by atoms with Gasteiger partial charge in [-0.05, 0) is 35.1 Å². The molecule has 0 N–H and O–H groups in total. The lowest BCUT2D eigenvalue weighted by atomic mass is 10.00. The Labute approximate surface area is 106 Å². The molecule has 0 amide bonds. The van der Waals surface area contributed by atoms with Crippen molar-refractivity contribution in [2.45, 2.75) is 26.2 Å². The van der Waals surface area contributed by atoms with Crippen molar-refractivity contribution in [3.05, 3.63) is 45.7 Å². The predicted molar refractivity (Wildman–Crippen MR) is 72.6 cm³/mol. The van der Waals surface area contributed by atoms with Crippen LogP contribution in [0.4, 0.5) is 0 Å². The SMILES string of the molecule is CC(C)c1ccc2c(c1)cc(CC#N)c(=O)n2C. The fourth-order valence-corrected chi connectivity index (χ4v) is 2.14. The molecule has 1 aromatic carbocycles. The quantitative estimate of drug-likeness (QED) is 0.810. The van der Waals surface area contributed by atoms with E-state index in [4.69, 9.17) is 5.26 Å². The van der Waals surface area contributed by atoms with E-state index in [0.29, 0.717) is 11.5 Å². The molecule has 0 spiro atoms. The molecule has 0 fully saturated rings. The first-order valence-corrected chi connectivity index (χ1v) is 6.04. The number of pyridine rings is 1. The van der Waals surface area contributed by atoms with Gasteiger partial charge in [-0.2, -0.15) is 5.26 Å². The first kappa shape index (κ1) is 12.4. The standard InChI is InChI=1S/C15H16N2O/c1-10(2)11-4-5-14-13(8-11)9-12(6-7-16)15(18)17(14)3/h4-5,8-10H,6H2,1-3H3. The monoisotopic (exact) mass is 240 g/mol. The fraction of sp³-hybridized carbons (Fsp3) is 0.333. The van der Waals surface area contributed by atoms with Crippen molar-refractivity contribution in [2.24, 2.45) is 7.05 Å². The lowest BCUT2D eigenvalue weighted by molar-refractivity contribution is 0.861. The molecule has 1 heterocycles. The molecule has 18 heavy (non-hydrogen) atoms. The molecule has 0 aliphatic carbocycles. The maximum atomic E-state index is 12.0. The number of nitriles is 1. The molecule has 1 aromatic heterocycles. The highest BCUT2D eigenvalue weighted by atomic mass is 16.1. The molecular formula is C15H16N2O. The van der Waals surface area contributed by atoms with Gasteiger partial charge in [-0.3, -0.25) is 4.79 Å². The van der Waals surface area contributed by atoms with Crippen molar-refractivity contribution in [3.63, 3.8) is 0 Å². The number of rotatable bonds is 2. The number of hydrogen-bond acceptors (Lipinski definition) is 2. The third-order valence-electron chi connectivity index (χ3n) is 3.26. The third-order valence-corrected chi connectivity index (χ3v) is 3.26. The molecule has 0 aliphatic rings. The van der Waals surface area contributed by atoms with Crippen LogP contribution in [-0.4, -0.2) is 4.57 Å². The maximum absolute atomic E-state index is 12.0. The van der Waals surface area contributed by atoms with Crippen LogP contribution >= 0.6 is 0 Å². The van der Waals surface area contributed by atoms with Crippen molar-refractivity contribution in [3.8, 4) is 6.07 Å². The summed E-state index contributed by atoms with van der Waals surface area (Å²) >= 11 is 0. The highest BCUT2D eigenvalue weighted by Gasteiger charge is 2.08. The molecule has 0 saturated heterocycles. The average molecular weight is 240 g/mol. The van der Waals surface area contributed by atoms with E-state index in [1.165, 1.54) is 5.56 Å². The zero-order chi connectivity index (χ0) is 13.3. The number of hydrogen-bond donors (Lipinski definition) is 0. The van der Waals surface area contributed by atoms with Crippen LogP contribution in [0.2, 0.25) is 0 Å². The first-order chi connectivity index (χ1) is 8.54. The number of fused-ring (bicyclic) bond motifs is 1. The smallest absolute Gasteiger partial charge is 0.255 e. The van der Waals surface area contributed by atoms with E-state index in [0.717, 1.165) is 10.9 Å². The predicted octanol–water partition coefficient (Wildman–Crippen LogP) is 2.73. The fourth-order valence-electron chi connectivity index (χ4n) is 2.14. The molecule has 3 heteroatoms. The van der Waals surface area contributed by atoms with E-state index in [9.17, 15) is 4.79 Å². The summed E-state index contributed by atoms with van der Waals surface area (Å²) in [7, 11) is 1.75. The van der Waals surface area contributed by atoms with E-state index in [-0.39, 0.29) is 12.0 Å². The topological polar surface area (TPSA) is 45.8 Å². The van der Waals surface area contributed by atoms with E-state index in [1.807, 2.05) is 18.2 Å². The van der Waals surface area contributed by atoms with Gasteiger partial charge in [0.2, 0.25) is 0 Å². The van der Waals surface area contributed by atoms with Crippen LogP contribution in [0.5, 0.6) is 0 Å². The van der Waals surface area contributed by atoms with Gasteiger partial charge in [0.05, 0.1) is 18.0 Å². The highest BCUT2D eigenvalue weighted by Crippen LogP contribution is 2.21. The van der Waals surface area contributed by atoms with Crippen molar-refractivity contribution in [2.75, 3.05) is 0 Å². The molecule has 2 rings (SSSR count). The molecule has 92 valence electrons. The van der Waals surface area contributed by atoms with Gasteiger partial charge in [-0.25, -0.2) is 0 Å². The molecule has 0 unspecified atom stereocenters. The van der Waals surface area contributed by atoms with Gasteiger partial charge < -0.3 is 4.57 Å². The summed E-state index contributed by atoms with van der Waals surface area (Å²) in [4.78, 5) is 12.0. The molecular weight excluding hydrogens is 224 g/mol. The minimum absolute atomic E-state index is 0.0821. The van der Waals surface area contributed by atoms with Crippen LogP contribution in [0.25, 0.3) is 10.9 Å². The second-order valence-electron chi connectivity index (χ2n) is 4.84. The third kappa shape index (κ3) is 2.02. The second-order valence-corrected chi connectivity index (χ2v) is 4.84. The normalized spacial score (nSPS) is 10.8. The number of aromatic nitrogens is 1. The van der Waals surface area contributed by atoms with E-state index < -0.39 is 0 Å². The van der Waals surface area contributed by atoms with Crippen molar-refractivity contribution >= 4 is 10.9 Å². The summed E-state index contributed by atoms with van der Waals surface area (Å²) in [6.45, 7) is 4.28. The molecule has 0 radical (unpaired) electrons. The van der Waals surface area contributed by atoms with E-state index in [2.05, 4.69) is 26.0 Å². The van der Waals surface area contributed by atoms with Gasteiger partial charge >= 0.3 is 0 Å².